The highest BCUT2D eigenvalue weighted by atomic mass is 127. The van der Waals surface area contributed by atoms with Crippen molar-refractivity contribution in [1.82, 2.24) is 5.32 Å². The molecule has 0 unspecified atom stereocenters. The van der Waals surface area contributed by atoms with E-state index < -0.39 is 0 Å². The van der Waals surface area contributed by atoms with E-state index in [0.29, 0.717) is 11.0 Å². The summed E-state index contributed by atoms with van der Waals surface area (Å²) in [6.07, 6.45) is 4.86. The van der Waals surface area contributed by atoms with Crippen molar-refractivity contribution in [1.29, 1.82) is 0 Å². The lowest BCUT2D eigenvalue weighted by atomic mass is 10.6. The molecule has 0 aliphatic rings. The van der Waals surface area contributed by atoms with Crippen molar-refractivity contribution in [3.05, 3.63) is 0 Å². The second-order valence-corrected chi connectivity index (χ2v) is 1.88. The Hall–Kier alpha value is -0.240. The summed E-state index contributed by atoms with van der Waals surface area (Å²) in [5.41, 5.74) is 0. The average molecular weight is 223 g/mol. The predicted molar refractivity (Wildman–Crippen MR) is 40.7 cm³/mol. The van der Waals surface area contributed by atoms with Gasteiger partial charge in [-0.2, -0.15) is 0 Å². The fraction of sp³-hybridized carbons (Fsp3) is 0.400. The van der Waals surface area contributed by atoms with Gasteiger partial charge in [0.2, 0.25) is 5.91 Å². The zero-order valence-corrected chi connectivity index (χ0v) is 6.44. The van der Waals surface area contributed by atoms with E-state index in [4.69, 9.17) is 6.42 Å². The molecule has 0 bridgehead atoms. The number of halogens is 1. The monoisotopic (exact) mass is 223 g/mol. The minimum absolute atomic E-state index is 0.0106. The molecule has 0 heterocycles. The van der Waals surface area contributed by atoms with Crippen molar-refractivity contribution >= 4 is 28.5 Å². The Morgan fingerprint density at radius 2 is 2.50 bits per heavy atom. The normalized spacial score (nSPS) is 7.50. The zero-order valence-electron chi connectivity index (χ0n) is 4.28. The van der Waals surface area contributed by atoms with Crippen LogP contribution >= 0.6 is 22.6 Å². The molecule has 44 valence electrons. The van der Waals surface area contributed by atoms with E-state index in [0.717, 1.165) is 0 Å². The van der Waals surface area contributed by atoms with E-state index in [1.807, 2.05) is 22.6 Å². The van der Waals surface area contributed by atoms with Crippen LogP contribution in [0.2, 0.25) is 0 Å². The average Bonchev–Trinajstić information content (AvgIpc) is 1.83. The van der Waals surface area contributed by atoms with Crippen LogP contribution in [-0.4, -0.2) is 16.9 Å². The van der Waals surface area contributed by atoms with Gasteiger partial charge in [0.1, 0.15) is 0 Å². The van der Waals surface area contributed by atoms with Gasteiger partial charge >= 0.3 is 0 Å². The van der Waals surface area contributed by atoms with Crippen molar-refractivity contribution < 1.29 is 4.79 Å². The molecule has 0 saturated carbocycles. The van der Waals surface area contributed by atoms with Crippen LogP contribution in [0.25, 0.3) is 0 Å². The maximum absolute atomic E-state index is 10.4. The first-order valence-electron chi connectivity index (χ1n) is 2.07. The highest BCUT2D eigenvalue weighted by Crippen LogP contribution is 1.77. The number of carbonyl (C=O) groups excluding carboxylic acids is 1. The number of hydrogen-bond donors (Lipinski definition) is 1. The molecule has 0 aromatic heterocycles. The highest BCUT2D eigenvalue weighted by molar-refractivity contribution is 14.1. The molecule has 0 spiro atoms. The number of nitrogens with one attached hydrogen (secondary N) is 1. The van der Waals surface area contributed by atoms with Gasteiger partial charge in [-0.25, -0.2) is 0 Å². The number of rotatable bonds is 2. The summed E-state index contributed by atoms with van der Waals surface area (Å²) >= 11 is 1.97. The third-order valence-corrected chi connectivity index (χ3v) is 1.20. The molecule has 1 amide bonds. The third-order valence-electron chi connectivity index (χ3n) is 0.509. The molecule has 0 aliphatic heterocycles. The van der Waals surface area contributed by atoms with Gasteiger partial charge in [-0.15, -0.1) is 6.42 Å². The maximum Gasteiger partial charge on any atom is 0.230 e. The molecule has 2 nitrogen and oxygen atoms in total. The molecule has 0 fully saturated rings. The van der Waals surface area contributed by atoms with E-state index in [1.165, 1.54) is 0 Å². The standard InChI is InChI=1S/C5H6INO/c1-2-3-7-5(8)4-6/h1H,3-4H2,(H,7,8). The Morgan fingerprint density at radius 1 is 1.88 bits per heavy atom. The first-order chi connectivity index (χ1) is 3.81. The molecular weight excluding hydrogens is 217 g/mol. The van der Waals surface area contributed by atoms with Crippen LogP contribution in [0.15, 0.2) is 0 Å². The number of terminal acetylenes is 1. The Kier molecular flexibility index (Phi) is 4.76. The number of alkyl halides is 1. The lowest BCUT2D eigenvalue weighted by Gasteiger charge is -1.92. The zero-order chi connectivity index (χ0) is 6.41. The maximum atomic E-state index is 10.4. The second-order valence-electron chi connectivity index (χ2n) is 1.11. The molecule has 0 aliphatic carbocycles. The van der Waals surface area contributed by atoms with Gasteiger partial charge in [-0.05, 0) is 0 Å². The fourth-order valence-electron chi connectivity index (χ4n) is 0.197. The first-order valence-corrected chi connectivity index (χ1v) is 3.60. The van der Waals surface area contributed by atoms with E-state index in [9.17, 15) is 4.79 Å². The quantitative estimate of drug-likeness (QED) is 0.403. The first kappa shape index (κ1) is 7.76. The van der Waals surface area contributed by atoms with E-state index >= 15 is 0 Å². The summed E-state index contributed by atoms with van der Waals surface area (Å²) in [4.78, 5) is 10.4. The van der Waals surface area contributed by atoms with Crippen molar-refractivity contribution in [3.8, 4) is 12.3 Å². The largest absolute Gasteiger partial charge is 0.345 e. The van der Waals surface area contributed by atoms with Crippen LogP contribution in [0.3, 0.4) is 0 Å². The smallest absolute Gasteiger partial charge is 0.230 e. The Labute approximate surface area is 62.2 Å². The molecule has 0 aromatic rings. The highest BCUT2D eigenvalue weighted by Gasteiger charge is 1.91. The summed E-state index contributed by atoms with van der Waals surface area (Å²) in [6.45, 7) is 0.335. The lowest BCUT2D eigenvalue weighted by molar-refractivity contribution is -0.118. The van der Waals surface area contributed by atoms with E-state index in [-0.39, 0.29) is 5.91 Å². The summed E-state index contributed by atoms with van der Waals surface area (Å²) in [7, 11) is 0. The molecule has 0 saturated heterocycles. The molecule has 3 heteroatoms. The van der Waals surface area contributed by atoms with Crippen molar-refractivity contribution in [2.24, 2.45) is 0 Å². The van der Waals surface area contributed by atoms with Crippen molar-refractivity contribution in [3.63, 3.8) is 0 Å². The van der Waals surface area contributed by atoms with Gasteiger partial charge in [0.25, 0.3) is 0 Å². The van der Waals surface area contributed by atoms with E-state index in [1.54, 1.807) is 0 Å². The Balaban J connectivity index is 3.15. The fourth-order valence-corrected chi connectivity index (χ4v) is 0.467. The molecule has 1 N–H and O–H groups in total. The SMILES string of the molecule is C#CCNC(=O)CI. The van der Waals surface area contributed by atoms with Gasteiger partial charge in [0, 0.05) is 0 Å². The van der Waals surface area contributed by atoms with Crippen LogP contribution in [0.5, 0.6) is 0 Å². The van der Waals surface area contributed by atoms with Crippen LogP contribution in [0.1, 0.15) is 0 Å². The topological polar surface area (TPSA) is 29.1 Å². The van der Waals surface area contributed by atoms with Crippen molar-refractivity contribution in [2.75, 3.05) is 11.0 Å². The van der Waals surface area contributed by atoms with E-state index in [2.05, 4.69) is 11.2 Å². The molecule has 0 aromatic carbocycles. The Morgan fingerprint density at radius 3 is 2.88 bits per heavy atom. The minimum atomic E-state index is -0.0106. The summed E-state index contributed by atoms with van der Waals surface area (Å²) in [5.74, 6) is 2.29. The number of amides is 1. The van der Waals surface area contributed by atoms with Crippen LogP contribution < -0.4 is 5.32 Å². The summed E-state index contributed by atoms with van der Waals surface area (Å²) in [5, 5.41) is 2.50. The number of hydrogen-bond acceptors (Lipinski definition) is 1. The third kappa shape index (κ3) is 3.93. The van der Waals surface area contributed by atoms with Crippen LogP contribution in [0.4, 0.5) is 0 Å². The Bertz CT molecular complexity index is 116. The van der Waals surface area contributed by atoms with Gasteiger partial charge in [0.15, 0.2) is 0 Å². The molecule has 0 atom stereocenters. The van der Waals surface area contributed by atoms with Crippen LogP contribution in [-0.2, 0) is 4.79 Å². The molecule has 8 heavy (non-hydrogen) atoms. The van der Waals surface area contributed by atoms with Crippen LogP contribution in [0, 0.1) is 12.3 Å². The predicted octanol–water partition coefficient (Wildman–Crippen LogP) is 0.171. The minimum Gasteiger partial charge on any atom is -0.345 e. The summed E-state index contributed by atoms with van der Waals surface area (Å²) < 4.78 is 0.472. The molecule has 0 radical (unpaired) electrons. The van der Waals surface area contributed by atoms with Crippen molar-refractivity contribution in [2.45, 2.75) is 0 Å². The molecular formula is C5H6INO. The number of carbonyl (C=O) groups is 1. The summed E-state index contributed by atoms with van der Waals surface area (Å²) in [6, 6.07) is 0. The van der Waals surface area contributed by atoms with Gasteiger partial charge in [0.05, 0.1) is 11.0 Å². The van der Waals surface area contributed by atoms with Gasteiger partial charge < -0.3 is 5.32 Å². The van der Waals surface area contributed by atoms with Gasteiger partial charge in [-0.1, -0.05) is 28.5 Å². The second kappa shape index (κ2) is 4.91. The van der Waals surface area contributed by atoms with Gasteiger partial charge in [-0.3, -0.25) is 4.79 Å². The lowest BCUT2D eigenvalue weighted by Crippen LogP contribution is -2.23. The molecule has 0 rings (SSSR count).